The first kappa shape index (κ1) is 14.0. The molecule has 1 fully saturated rings. The molecule has 1 atom stereocenters. The number of carbonyl (C=O) groups is 1. The maximum atomic E-state index is 13.0. The lowest BCUT2D eigenvalue weighted by Gasteiger charge is -2.19. The molecule has 0 aromatic heterocycles. The Morgan fingerprint density at radius 1 is 1.32 bits per heavy atom. The first-order chi connectivity index (χ1) is 9.04. The van der Waals surface area contributed by atoms with E-state index in [1.165, 1.54) is 12.1 Å². The average Bonchev–Trinajstić information content (AvgIpc) is 3.12. The summed E-state index contributed by atoms with van der Waals surface area (Å²) in [7, 11) is 0. The van der Waals surface area contributed by atoms with Crippen LogP contribution in [0.25, 0.3) is 0 Å². The lowest BCUT2D eigenvalue weighted by Crippen LogP contribution is -2.27. The maximum Gasteiger partial charge on any atom is 0.220 e. The van der Waals surface area contributed by atoms with Gasteiger partial charge in [0.05, 0.1) is 0 Å². The Labute approximate surface area is 114 Å². The summed E-state index contributed by atoms with van der Waals surface area (Å²) in [4.78, 5) is 11.9. The summed E-state index contributed by atoms with van der Waals surface area (Å²) in [5.41, 5.74) is 1.06. The number of rotatable bonds is 6. The zero-order chi connectivity index (χ0) is 13.8. The van der Waals surface area contributed by atoms with Crippen molar-refractivity contribution in [2.75, 3.05) is 0 Å². The first-order valence-corrected chi connectivity index (χ1v) is 7.09. The van der Waals surface area contributed by atoms with Crippen molar-refractivity contribution in [3.05, 3.63) is 35.6 Å². The molecule has 0 saturated heterocycles. The fourth-order valence-electron chi connectivity index (χ4n) is 2.38. The van der Waals surface area contributed by atoms with Crippen molar-refractivity contribution in [2.45, 2.75) is 51.5 Å². The van der Waals surface area contributed by atoms with Crippen molar-refractivity contribution in [1.82, 2.24) is 5.32 Å². The lowest BCUT2D eigenvalue weighted by atomic mass is 9.87. The van der Waals surface area contributed by atoms with E-state index in [1.807, 2.05) is 0 Å². The summed E-state index contributed by atoms with van der Waals surface area (Å²) in [5.74, 6) is 0.593. The van der Waals surface area contributed by atoms with Crippen molar-refractivity contribution in [2.24, 2.45) is 5.92 Å². The van der Waals surface area contributed by atoms with E-state index in [-0.39, 0.29) is 17.6 Å². The van der Waals surface area contributed by atoms with Crippen molar-refractivity contribution >= 4 is 5.91 Å². The highest BCUT2D eigenvalue weighted by atomic mass is 19.1. The quantitative estimate of drug-likeness (QED) is 0.834. The van der Waals surface area contributed by atoms with E-state index in [9.17, 15) is 9.18 Å². The minimum Gasteiger partial charge on any atom is -0.353 e. The third-order valence-corrected chi connectivity index (χ3v) is 3.47. The Balaban J connectivity index is 2.01. The van der Waals surface area contributed by atoms with Crippen molar-refractivity contribution < 1.29 is 9.18 Å². The highest BCUT2D eigenvalue weighted by Crippen LogP contribution is 2.28. The largest absolute Gasteiger partial charge is 0.353 e. The number of hydrogen-bond acceptors (Lipinski definition) is 1. The molecule has 1 aliphatic rings. The molecule has 104 valence electrons. The summed E-state index contributed by atoms with van der Waals surface area (Å²) < 4.78 is 13.0. The van der Waals surface area contributed by atoms with Crippen molar-refractivity contribution in [1.29, 1.82) is 0 Å². The van der Waals surface area contributed by atoms with Crippen LogP contribution in [-0.4, -0.2) is 11.9 Å². The first-order valence-electron chi connectivity index (χ1n) is 7.09. The van der Waals surface area contributed by atoms with Gasteiger partial charge >= 0.3 is 0 Å². The Hall–Kier alpha value is -1.38. The van der Waals surface area contributed by atoms with Gasteiger partial charge in [0.1, 0.15) is 5.82 Å². The zero-order valence-corrected chi connectivity index (χ0v) is 11.7. The molecule has 1 N–H and O–H groups in total. The minimum atomic E-state index is -0.227. The highest BCUT2D eigenvalue weighted by Gasteiger charge is 2.25. The van der Waals surface area contributed by atoms with Gasteiger partial charge in [-0.1, -0.05) is 26.0 Å². The van der Waals surface area contributed by atoms with Crippen LogP contribution in [0.15, 0.2) is 24.3 Å². The van der Waals surface area contributed by atoms with Crippen LogP contribution in [0.5, 0.6) is 0 Å². The van der Waals surface area contributed by atoms with Crippen LogP contribution in [0.1, 0.15) is 51.0 Å². The molecular formula is C16H22FNO. The second-order valence-electron chi connectivity index (χ2n) is 5.92. The van der Waals surface area contributed by atoms with Gasteiger partial charge in [0.2, 0.25) is 5.91 Å². The second kappa shape index (κ2) is 6.18. The summed E-state index contributed by atoms with van der Waals surface area (Å²) in [6, 6.07) is 6.95. The predicted octanol–water partition coefficient (Wildman–Crippen LogP) is 3.62. The topological polar surface area (TPSA) is 29.1 Å². The zero-order valence-electron chi connectivity index (χ0n) is 11.7. The SMILES string of the molecule is CC(C)CC(CC(=O)NC1CC1)c1ccc(F)cc1. The fourth-order valence-corrected chi connectivity index (χ4v) is 2.38. The van der Waals surface area contributed by atoms with E-state index in [0.717, 1.165) is 24.8 Å². The lowest BCUT2D eigenvalue weighted by molar-refractivity contribution is -0.121. The molecule has 1 aliphatic carbocycles. The number of nitrogens with one attached hydrogen (secondary N) is 1. The molecule has 2 rings (SSSR count). The summed E-state index contributed by atoms with van der Waals surface area (Å²) in [5, 5.41) is 3.03. The van der Waals surface area contributed by atoms with Gasteiger partial charge < -0.3 is 5.32 Å². The Kier molecular flexibility index (Phi) is 4.56. The van der Waals surface area contributed by atoms with E-state index in [0.29, 0.717) is 18.4 Å². The van der Waals surface area contributed by atoms with Crippen molar-refractivity contribution in [3.8, 4) is 0 Å². The van der Waals surface area contributed by atoms with Crippen LogP contribution in [-0.2, 0) is 4.79 Å². The minimum absolute atomic E-state index is 0.123. The molecule has 1 amide bonds. The van der Waals surface area contributed by atoms with Gasteiger partial charge in [-0.3, -0.25) is 4.79 Å². The Morgan fingerprint density at radius 2 is 1.95 bits per heavy atom. The van der Waals surface area contributed by atoms with Crippen LogP contribution < -0.4 is 5.32 Å². The van der Waals surface area contributed by atoms with Crippen LogP contribution in [0, 0.1) is 11.7 Å². The molecule has 0 aliphatic heterocycles. The van der Waals surface area contributed by atoms with E-state index in [1.54, 1.807) is 12.1 Å². The van der Waals surface area contributed by atoms with Crippen LogP contribution in [0.3, 0.4) is 0 Å². The molecule has 1 aromatic rings. The van der Waals surface area contributed by atoms with Crippen molar-refractivity contribution in [3.63, 3.8) is 0 Å². The second-order valence-corrected chi connectivity index (χ2v) is 5.92. The molecule has 0 spiro atoms. The van der Waals surface area contributed by atoms with Crippen LogP contribution >= 0.6 is 0 Å². The van der Waals surface area contributed by atoms with Gasteiger partial charge in [0.15, 0.2) is 0 Å². The number of halogens is 1. The smallest absolute Gasteiger partial charge is 0.220 e. The monoisotopic (exact) mass is 263 g/mol. The average molecular weight is 263 g/mol. The van der Waals surface area contributed by atoms with Gasteiger partial charge in [-0.15, -0.1) is 0 Å². The molecule has 1 unspecified atom stereocenters. The normalized spacial score (nSPS) is 16.4. The van der Waals surface area contributed by atoms with Gasteiger partial charge in [-0.05, 0) is 48.8 Å². The fraction of sp³-hybridized carbons (Fsp3) is 0.562. The Morgan fingerprint density at radius 3 is 2.47 bits per heavy atom. The molecule has 2 nitrogen and oxygen atoms in total. The van der Waals surface area contributed by atoms with Gasteiger partial charge in [0.25, 0.3) is 0 Å². The van der Waals surface area contributed by atoms with E-state index < -0.39 is 0 Å². The number of benzene rings is 1. The van der Waals surface area contributed by atoms with E-state index in [4.69, 9.17) is 0 Å². The summed E-state index contributed by atoms with van der Waals surface area (Å²) >= 11 is 0. The molecule has 0 heterocycles. The number of hydrogen-bond donors (Lipinski definition) is 1. The van der Waals surface area contributed by atoms with Crippen LogP contribution in [0.4, 0.5) is 4.39 Å². The van der Waals surface area contributed by atoms with Gasteiger partial charge in [-0.25, -0.2) is 4.39 Å². The summed E-state index contributed by atoms with van der Waals surface area (Å²) in [6.45, 7) is 4.30. The van der Waals surface area contributed by atoms with E-state index >= 15 is 0 Å². The van der Waals surface area contributed by atoms with Crippen LogP contribution in [0.2, 0.25) is 0 Å². The molecule has 1 saturated carbocycles. The summed E-state index contributed by atoms with van der Waals surface area (Å²) in [6.07, 6.45) is 3.66. The van der Waals surface area contributed by atoms with Gasteiger partial charge in [0, 0.05) is 12.5 Å². The molecular weight excluding hydrogens is 241 g/mol. The number of carbonyl (C=O) groups excluding carboxylic acids is 1. The number of amides is 1. The van der Waals surface area contributed by atoms with E-state index in [2.05, 4.69) is 19.2 Å². The molecule has 0 radical (unpaired) electrons. The molecule has 3 heteroatoms. The molecule has 0 bridgehead atoms. The molecule has 1 aromatic carbocycles. The standard InChI is InChI=1S/C16H22FNO/c1-11(2)9-13(10-16(19)18-15-7-8-15)12-3-5-14(17)6-4-12/h3-6,11,13,15H,7-10H2,1-2H3,(H,18,19). The Bertz CT molecular complexity index is 423. The maximum absolute atomic E-state index is 13.0. The third kappa shape index (κ3) is 4.66. The molecule has 19 heavy (non-hydrogen) atoms. The third-order valence-electron chi connectivity index (χ3n) is 3.47. The van der Waals surface area contributed by atoms with Gasteiger partial charge in [-0.2, -0.15) is 0 Å². The highest BCUT2D eigenvalue weighted by molar-refractivity contribution is 5.77. The predicted molar refractivity (Wildman–Crippen MR) is 74.4 cm³/mol.